The molecule has 11 heteroatoms. The van der Waals surface area contributed by atoms with E-state index in [-0.39, 0.29) is 23.3 Å². The van der Waals surface area contributed by atoms with Crippen LogP contribution in [-0.4, -0.2) is 57.5 Å². The van der Waals surface area contributed by atoms with Crippen molar-refractivity contribution < 1.29 is 13.9 Å². The Morgan fingerprint density at radius 3 is 2.79 bits per heavy atom. The Bertz CT molecular complexity index is 1250. The average Bonchev–Trinajstić information content (AvgIpc) is 3.21. The minimum Gasteiger partial charge on any atom is -0.381 e. The number of ether oxygens (including phenoxy) is 1. The lowest BCUT2D eigenvalue weighted by molar-refractivity contribution is 0.00522. The van der Waals surface area contributed by atoms with Gasteiger partial charge in [-0.1, -0.05) is 0 Å². The maximum Gasteiger partial charge on any atom is 0.274 e. The molecule has 0 unspecified atom stereocenters. The van der Waals surface area contributed by atoms with E-state index in [1.165, 1.54) is 10.7 Å². The predicted octanol–water partition coefficient (Wildman–Crippen LogP) is 2.26. The Labute approximate surface area is 189 Å². The largest absolute Gasteiger partial charge is 0.381 e. The van der Waals surface area contributed by atoms with E-state index in [4.69, 9.17) is 4.74 Å². The van der Waals surface area contributed by atoms with E-state index in [1.807, 2.05) is 6.07 Å². The number of hydrogen-bond acceptors (Lipinski definition) is 7. The quantitative estimate of drug-likeness (QED) is 0.501. The number of alkyl halides is 1. The van der Waals surface area contributed by atoms with Gasteiger partial charge in [0.15, 0.2) is 5.65 Å². The fraction of sp³-hybridized carbons (Fsp3) is 0.455. The van der Waals surface area contributed by atoms with Gasteiger partial charge in [-0.25, -0.2) is 9.37 Å². The summed E-state index contributed by atoms with van der Waals surface area (Å²) in [5.74, 6) is 0.530. The van der Waals surface area contributed by atoms with Crippen LogP contribution >= 0.6 is 0 Å². The SMILES string of the molecule is CNc1cc(Nc2cccn(C3CC(OC)C3)c2=O)nc2c(C(=O)N[C@@H]3CC[C@H]3F)cnn12. The van der Waals surface area contributed by atoms with E-state index in [0.29, 0.717) is 35.8 Å². The molecule has 2 aliphatic carbocycles. The smallest absolute Gasteiger partial charge is 0.274 e. The Morgan fingerprint density at radius 2 is 2.12 bits per heavy atom. The van der Waals surface area contributed by atoms with Crippen LogP contribution in [0.4, 0.5) is 21.7 Å². The van der Waals surface area contributed by atoms with Crippen LogP contribution in [-0.2, 0) is 4.74 Å². The first-order valence-corrected chi connectivity index (χ1v) is 11.0. The van der Waals surface area contributed by atoms with Gasteiger partial charge in [-0.15, -0.1) is 0 Å². The Kier molecular flexibility index (Phi) is 5.49. The number of pyridine rings is 1. The lowest BCUT2D eigenvalue weighted by atomic mass is 9.89. The molecule has 2 aliphatic rings. The molecule has 2 fully saturated rings. The highest BCUT2D eigenvalue weighted by atomic mass is 19.1. The van der Waals surface area contributed by atoms with Gasteiger partial charge < -0.3 is 25.3 Å². The zero-order valence-corrected chi connectivity index (χ0v) is 18.4. The highest BCUT2D eigenvalue weighted by molar-refractivity contribution is 6.00. The highest BCUT2D eigenvalue weighted by Gasteiger charge is 2.33. The second kappa shape index (κ2) is 8.47. The van der Waals surface area contributed by atoms with Crippen LogP contribution in [0.5, 0.6) is 0 Å². The van der Waals surface area contributed by atoms with E-state index in [1.54, 1.807) is 37.1 Å². The van der Waals surface area contributed by atoms with Gasteiger partial charge in [0.25, 0.3) is 11.5 Å². The number of hydrogen-bond donors (Lipinski definition) is 3. The molecule has 0 radical (unpaired) electrons. The molecule has 2 saturated carbocycles. The van der Waals surface area contributed by atoms with Crippen molar-refractivity contribution in [3.63, 3.8) is 0 Å². The standard InChI is InChI=1S/C22H26FN7O3/c1-24-19-10-18(26-17-4-3-7-29(22(17)32)12-8-13(9-12)33-2)28-20-14(11-25-30(19)20)21(31)27-16-6-5-15(16)23/h3-4,7,10-13,15-16,24H,5-6,8-9H2,1-2H3,(H,26,28)(H,27,31)/t12?,13?,15-,16-/m1/s1. The third kappa shape index (κ3) is 3.82. The van der Waals surface area contributed by atoms with E-state index >= 15 is 0 Å². The summed E-state index contributed by atoms with van der Waals surface area (Å²) in [4.78, 5) is 30.3. The highest BCUT2D eigenvalue weighted by Crippen LogP contribution is 2.33. The summed E-state index contributed by atoms with van der Waals surface area (Å²) in [5.41, 5.74) is 0.752. The summed E-state index contributed by atoms with van der Waals surface area (Å²) >= 11 is 0. The zero-order valence-electron chi connectivity index (χ0n) is 18.4. The summed E-state index contributed by atoms with van der Waals surface area (Å²) in [6.07, 6.45) is 5.00. The molecule has 1 amide bonds. The van der Waals surface area contributed by atoms with Crippen molar-refractivity contribution >= 4 is 28.9 Å². The van der Waals surface area contributed by atoms with Gasteiger partial charge in [0.05, 0.1) is 18.3 Å². The van der Waals surface area contributed by atoms with Crippen LogP contribution in [0.1, 0.15) is 42.1 Å². The van der Waals surface area contributed by atoms with Crippen LogP contribution in [0.25, 0.3) is 5.65 Å². The molecule has 33 heavy (non-hydrogen) atoms. The molecule has 3 heterocycles. The number of aromatic nitrogens is 4. The molecule has 5 rings (SSSR count). The number of nitrogens with one attached hydrogen (secondary N) is 3. The molecule has 0 spiro atoms. The molecular weight excluding hydrogens is 429 g/mol. The van der Waals surface area contributed by atoms with Crippen molar-refractivity contribution in [2.75, 3.05) is 24.8 Å². The molecule has 3 aromatic rings. The Morgan fingerprint density at radius 1 is 1.30 bits per heavy atom. The average molecular weight is 455 g/mol. The van der Waals surface area contributed by atoms with Gasteiger partial charge in [0.2, 0.25) is 0 Å². The van der Waals surface area contributed by atoms with Gasteiger partial charge in [-0.2, -0.15) is 9.61 Å². The normalized spacial score (nSPS) is 24.1. The van der Waals surface area contributed by atoms with Crippen LogP contribution in [0.15, 0.2) is 35.4 Å². The number of nitrogens with zero attached hydrogens (tertiary/aromatic N) is 4. The van der Waals surface area contributed by atoms with Crippen molar-refractivity contribution in [1.82, 2.24) is 24.5 Å². The molecule has 2 atom stereocenters. The summed E-state index contributed by atoms with van der Waals surface area (Å²) < 4.78 is 22.1. The summed E-state index contributed by atoms with van der Waals surface area (Å²) in [6, 6.07) is 4.82. The number of amides is 1. The van der Waals surface area contributed by atoms with Gasteiger partial charge in [-0.3, -0.25) is 9.59 Å². The summed E-state index contributed by atoms with van der Waals surface area (Å²) in [5, 5.41) is 13.1. The van der Waals surface area contributed by atoms with E-state index in [9.17, 15) is 14.0 Å². The molecule has 3 aromatic heterocycles. The number of halogens is 1. The van der Waals surface area contributed by atoms with E-state index < -0.39 is 18.1 Å². The first kappa shape index (κ1) is 21.4. The van der Waals surface area contributed by atoms with Gasteiger partial charge in [0, 0.05) is 32.5 Å². The summed E-state index contributed by atoms with van der Waals surface area (Å²) in [6.45, 7) is 0. The number of fused-ring (bicyclic) bond motifs is 1. The van der Waals surface area contributed by atoms with Crippen LogP contribution in [0.3, 0.4) is 0 Å². The number of rotatable bonds is 7. The van der Waals surface area contributed by atoms with Gasteiger partial charge in [-0.05, 0) is 37.8 Å². The molecule has 10 nitrogen and oxygen atoms in total. The lowest BCUT2D eigenvalue weighted by Gasteiger charge is -2.35. The second-order valence-electron chi connectivity index (χ2n) is 8.49. The molecular formula is C22H26FN7O3. The molecule has 174 valence electrons. The Balaban J connectivity index is 1.44. The monoisotopic (exact) mass is 455 g/mol. The topological polar surface area (TPSA) is 115 Å². The van der Waals surface area contributed by atoms with Crippen LogP contribution in [0.2, 0.25) is 0 Å². The maximum absolute atomic E-state index is 13.6. The van der Waals surface area contributed by atoms with Crippen LogP contribution in [0, 0.1) is 0 Å². The zero-order chi connectivity index (χ0) is 23.1. The second-order valence-corrected chi connectivity index (χ2v) is 8.49. The van der Waals surface area contributed by atoms with Crippen molar-refractivity contribution in [3.05, 3.63) is 46.5 Å². The minimum atomic E-state index is -1.02. The molecule has 3 N–H and O–H groups in total. The molecule has 0 bridgehead atoms. The third-order valence-electron chi connectivity index (χ3n) is 6.51. The van der Waals surface area contributed by atoms with Gasteiger partial charge in [0.1, 0.15) is 29.1 Å². The first-order valence-electron chi connectivity index (χ1n) is 11.0. The number of carbonyl (C=O) groups is 1. The van der Waals surface area contributed by atoms with Crippen LogP contribution < -0.4 is 21.5 Å². The maximum atomic E-state index is 13.6. The lowest BCUT2D eigenvalue weighted by Crippen LogP contribution is -2.48. The summed E-state index contributed by atoms with van der Waals surface area (Å²) in [7, 11) is 3.40. The van der Waals surface area contributed by atoms with Crippen molar-refractivity contribution in [2.45, 2.75) is 50.0 Å². The molecule has 0 aromatic carbocycles. The van der Waals surface area contributed by atoms with E-state index in [0.717, 1.165) is 12.8 Å². The van der Waals surface area contributed by atoms with Crippen molar-refractivity contribution in [3.8, 4) is 0 Å². The third-order valence-corrected chi connectivity index (χ3v) is 6.51. The first-order chi connectivity index (χ1) is 16.0. The fourth-order valence-electron chi connectivity index (χ4n) is 4.22. The fourth-order valence-corrected chi connectivity index (χ4v) is 4.22. The number of methoxy groups -OCH3 is 1. The van der Waals surface area contributed by atoms with Crippen molar-refractivity contribution in [1.29, 1.82) is 0 Å². The molecule has 0 aliphatic heterocycles. The predicted molar refractivity (Wildman–Crippen MR) is 121 cm³/mol. The number of anilines is 3. The minimum absolute atomic E-state index is 0.100. The Hall–Kier alpha value is -3.47. The molecule has 0 saturated heterocycles. The number of carbonyl (C=O) groups excluding carboxylic acids is 1. The van der Waals surface area contributed by atoms with Gasteiger partial charge >= 0.3 is 0 Å². The van der Waals surface area contributed by atoms with Crippen molar-refractivity contribution in [2.24, 2.45) is 0 Å². The van der Waals surface area contributed by atoms with E-state index in [2.05, 4.69) is 26.0 Å².